The molecule has 0 bridgehead atoms. The van der Waals surface area contributed by atoms with Crippen molar-refractivity contribution in [2.75, 3.05) is 26.3 Å². The van der Waals surface area contributed by atoms with Crippen LogP contribution in [0.3, 0.4) is 0 Å². The lowest BCUT2D eigenvalue weighted by Gasteiger charge is -2.32. The number of nitrogens with zero attached hydrogens (tertiary/aromatic N) is 9. The number of tetrazole rings is 2. The van der Waals surface area contributed by atoms with Gasteiger partial charge in [-0.05, 0) is 59.7 Å². The SMILES string of the molecule is CCOc1cc(S(=O)(=O)N2CCC(Oc3cccc(-n4cnnn4)c3)CC2)c(OCC)cc1-n1cnnn1. The van der Waals surface area contributed by atoms with E-state index in [1.165, 1.54) is 27.7 Å². The normalized spacial score (nSPS) is 14.9. The molecule has 0 atom stereocenters. The first-order valence-electron chi connectivity index (χ1n) is 12.2. The van der Waals surface area contributed by atoms with Crippen molar-refractivity contribution < 1.29 is 22.6 Å². The van der Waals surface area contributed by atoms with E-state index in [-0.39, 0.29) is 23.4 Å². The van der Waals surface area contributed by atoms with Crippen LogP contribution in [-0.4, -0.2) is 85.5 Å². The lowest BCUT2D eigenvalue weighted by atomic mass is 10.1. The molecular formula is C23H27N9O5S. The van der Waals surface area contributed by atoms with Crippen LogP contribution >= 0.6 is 0 Å². The van der Waals surface area contributed by atoms with Crippen molar-refractivity contribution in [1.29, 1.82) is 0 Å². The Kier molecular flexibility index (Phi) is 7.46. The Balaban J connectivity index is 1.34. The van der Waals surface area contributed by atoms with Gasteiger partial charge < -0.3 is 14.2 Å². The Morgan fingerprint density at radius 2 is 1.58 bits per heavy atom. The number of piperidine rings is 1. The van der Waals surface area contributed by atoms with Gasteiger partial charge in [-0.1, -0.05) is 6.07 Å². The summed E-state index contributed by atoms with van der Waals surface area (Å²) < 4.78 is 49.6. The smallest absolute Gasteiger partial charge is 0.246 e. The zero-order valence-electron chi connectivity index (χ0n) is 20.9. The van der Waals surface area contributed by atoms with Gasteiger partial charge in [-0.15, -0.1) is 10.2 Å². The molecule has 1 aliphatic rings. The quantitative estimate of drug-likeness (QED) is 0.288. The second-order valence-corrected chi connectivity index (χ2v) is 10.3. The van der Waals surface area contributed by atoms with Crippen molar-refractivity contribution in [2.45, 2.75) is 37.7 Å². The summed E-state index contributed by atoms with van der Waals surface area (Å²) in [6.45, 7) is 4.82. The summed E-state index contributed by atoms with van der Waals surface area (Å²) in [7, 11) is -3.89. The Hall–Kier alpha value is -4.11. The van der Waals surface area contributed by atoms with Crippen molar-refractivity contribution >= 4 is 10.0 Å². The summed E-state index contributed by atoms with van der Waals surface area (Å²) in [5.41, 5.74) is 1.25. The van der Waals surface area contributed by atoms with Crippen LogP contribution in [0.1, 0.15) is 26.7 Å². The van der Waals surface area contributed by atoms with Crippen molar-refractivity contribution in [3.63, 3.8) is 0 Å². The molecule has 0 unspecified atom stereocenters. The maximum absolute atomic E-state index is 13.8. The Labute approximate surface area is 219 Å². The molecule has 1 saturated heterocycles. The Morgan fingerprint density at radius 3 is 2.24 bits per heavy atom. The average Bonchev–Trinajstić information content (AvgIpc) is 3.65. The van der Waals surface area contributed by atoms with E-state index in [0.29, 0.717) is 49.7 Å². The van der Waals surface area contributed by atoms with E-state index >= 15 is 0 Å². The number of hydrogen-bond acceptors (Lipinski definition) is 11. The van der Waals surface area contributed by atoms with Crippen LogP contribution in [0.15, 0.2) is 53.9 Å². The summed E-state index contributed by atoms with van der Waals surface area (Å²) in [5.74, 6) is 1.21. The van der Waals surface area contributed by atoms with E-state index in [0.717, 1.165) is 5.69 Å². The molecule has 0 amide bonds. The van der Waals surface area contributed by atoms with E-state index < -0.39 is 10.0 Å². The van der Waals surface area contributed by atoms with Gasteiger partial charge >= 0.3 is 0 Å². The third kappa shape index (κ3) is 5.28. The van der Waals surface area contributed by atoms with E-state index in [1.807, 2.05) is 31.2 Å². The predicted octanol–water partition coefficient (Wildman–Crippen LogP) is 1.67. The number of benzene rings is 2. The first-order valence-corrected chi connectivity index (χ1v) is 13.6. The third-order valence-electron chi connectivity index (χ3n) is 5.97. The minimum atomic E-state index is -3.89. The zero-order chi connectivity index (χ0) is 26.5. The van der Waals surface area contributed by atoms with Crippen molar-refractivity contribution in [3.05, 3.63) is 49.1 Å². The van der Waals surface area contributed by atoms with Crippen molar-refractivity contribution in [3.8, 4) is 28.6 Å². The molecule has 200 valence electrons. The summed E-state index contributed by atoms with van der Waals surface area (Å²) in [4.78, 5) is 0.0353. The van der Waals surface area contributed by atoms with Crippen LogP contribution < -0.4 is 14.2 Å². The minimum Gasteiger partial charge on any atom is -0.492 e. The topological polar surface area (TPSA) is 152 Å². The van der Waals surface area contributed by atoms with E-state index in [1.54, 1.807) is 17.7 Å². The fraction of sp³-hybridized carbons (Fsp3) is 0.391. The number of hydrogen-bond donors (Lipinski definition) is 0. The fourth-order valence-electron chi connectivity index (χ4n) is 4.22. The first kappa shape index (κ1) is 25.5. The average molecular weight is 542 g/mol. The van der Waals surface area contributed by atoms with Gasteiger partial charge in [-0.25, -0.2) is 13.1 Å². The molecule has 0 radical (unpaired) electrons. The van der Waals surface area contributed by atoms with Crippen LogP contribution in [0.25, 0.3) is 11.4 Å². The van der Waals surface area contributed by atoms with E-state index in [2.05, 4.69) is 31.1 Å². The molecule has 1 fully saturated rings. The molecule has 1 aliphatic heterocycles. The van der Waals surface area contributed by atoms with Gasteiger partial charge in [0, 0.05) is 31.3 Å². The lowest BCUT2D eigenvalue weighted by molar-refractivity contribution is 0.135. The van der Waals surface area contributed by atoms with Gasteiger partial charge in [0.15, 0.2) is 0 Å². The van der Waals surface area contributed by atoms with E-state index in [4.69, 9.17) is 14.2 Å². The summed E-state index contributed by atoms with van der Waals surface area (Å²) in [5, 5.41) is 22.4. The Morgan fingerprint density at radius 1 is 0.895 bits per heavy atom. The minimum absolute atomic E-state index is 0.0353. The van der Waals surface area contributed by atoms with Crippen LogP contribution in [0, 0.1) is 0 Å². The molecule has 0 N–H and O–H groups in total. The second-order valence-electron chi connectivity index (χ2n) is 8.36. The van der Waals surface area contributed by atoms with Gasteiger partial charge in [0.05, 0.1) is 18.9 Å². The second kappa shape index (κ2) is 11.1. The van der Waals surface area contributed by atoms with E-state index in [9.17, 15) is 8.42 Å². The molecule has 15 heteroatoms. The molecule has 5 rings (SSSR count). The summed E-state index contributed by atoms with van der Waals surface area (Å²) in [6.07, 6.45) is 3.83. The summed E-state index contributed by atoms with van der Waals surface area (Å²) >= 11 is 0. The maximum atomic E-state index is 13.8. The van der Waals surface area contributed by atoms with Gasteiger partial charge in [0.2, 0.25) is 10.0 Å². The number of sulfonamides is 1. The first-order chi connectivity index (χ1) is 18.5. The molecule has 0 aliphatic carbocycles. The largest absolute Gasteiger partial charge is 0.492 e. The van der Waals surface area contributed by atoms with Crippen LogP contribution in [0.2, 0.25) is 0 Å². The molecular weight excluding hydrogens is 514 g/mol. The van der Waals surface area contributed by atoms with Crippen molar-refractivity contribution in [2.24, 2.45) is 0 Å². The monoisotopic (exact) mass is 541 g/mol. The van der Waals surface area contributed by atoms with Gasteiger partial charge in [-0.2, -0.15) is 8.99 Å². The third-order valence-corrected chi connectivity index (χ3v) is 7.89. The maximum Gasteiger partial charge on any atom is 0.246 e. The summed E-state index contributed by atoms with van der Waals surface area (Å²) in [6, 6.07) is 10.5. The molecule has 14 nitrogen and oxygen atoms in total. The standard InChI is InChI=1S/C23H27N9O5S/c1-3-35-21-14-23(22(36-4-2)13-20(21)32-16-25-27-29-32)38(33,34)30-10-8-18(9-11-30)37-19-7-5-6-17(12-19)31-15-24-26-28-31/h5-7,12-16,18H,3-4,8-11H2,1-2H3. The molecule has 3 heterocycles. The highest BCUT2D eigenvalue weighted by molar-refractivity contribution is 7.89. The molecule has 0 saturated carbocycles. The Bertz CT molecular complexity index is 1450. The number of rotatable bonds is 10. The van der Waals surface area contributed by atoms with Gasteiger partial charge in [-0.3, -0.25) is 0 Å². The lowest BCUT2D eigenvalue weighted by Crippen LogP contribution is -2.41. The van der Waals surface area contributed by atoms with Gasteiger partial charge in [0.1, 0.15) is 46.6 Å². The van der Waals surface area contributed by atoms with Gasteiger partial charge in [0.25, 0.3) is 0 Å². The molecule has 0 spiro atoms. The molecule has 2 aromatic carbocycles. The highest BCUT2D eigenvalue weighted by Gasteiger charge is 2.33. The number of aromatic nitrogens is 8. The molecule has 2 aromatic heterocycles. The number of ether oxygens (including phenoxy) is 3. The fourth-order valence-corrected chi connectivity index (χ4v) is 5.82. The zero-order valence-corrected chi connectivity index (χ0v) is 21.7. The van der Waals surface area contributed by atoms with Crippen LogP contribution in [-0.2, 0) is 10.0 Å². The van der Waals surface area contributed by atoms with Crippen LogP contribution in [0.5, 0.6) is 17.2 Å². The highest BCUT2D eigenvalue weighted by Crippen LogP contribution is 2.37. The molecule has 4 aromatic rings. The molecule has 38 heavy (non-hydrogen) atoms. The predicted molar refractivity (Wildman–Crippen MR) is 133 cm³/mol. The van der Waals surface area contributed by atoms with Crippen LogP contribution in [0.4, 0.5) is 0 Å². The highest BCUT2D eigenvalue weighted by atomic mass is 32.2. The van der Waals surface area contributed by atoms with Crippen molar-refractivity contribution in [1.82, 2.24) is 44.7 Å².